The quantitative estimate of drug-likeness (QED) is 0.497. The van der Waals surface area contributed by atoms with Crippen LogP contribution in [0.25, 0.3) is 11.2 Å². The highest BCUT2D eigenvalue weighted by Gasteiger charge is 2.30. The van der Waals surface area contributed by atoms with Crippen molar-refractivity contribution in [2.75, 3.05) is 18.6 Å². The SMILES string of the molecule is COc1ccccc1N1CCn2c1nc1c2c(=O)n(Cc2cc(C)ccc2C)c(=O)n1C. The van der Waals surface area contributed by atoms with Crippen molar-refractivity contribution in [3.05, 3.63) is 80.0 Å². The van der Waals surface area contributed by atoms with E-state index >= 15 is 0 Å². The van der Waals surface area contributed by atoms with Crippen LogP contribution in [0.1, 0.15) is 16.7 Å². The van der Waals surface area contributed by atoms with Crippen LogP contribution in [-0.2, 0) is 20.1 Å². The van der Waals surface area contributed by atoms with Gasteiger partial charge >= 0.3 is 5.69 Å². The number of aryl methyl sites for hydroxylation is 3. The predicted molar refractivity (Wildman–Crippen MR) is 124 cm³/mol. The van der Waals surface area contributed by atoms with Crippen LogP contribution in [0.4, 0.5) is 11.6 Å². The van der Waals surface area contributed by atoms with E-state index in [9.17, 15) is 9.59 Å². The molecule has 0 radical (unpaired) electrons. The van der Waals surface area contributed by atoms with Crippen LogP contribution in [0.3, 0.4) is 0 Å². The molecule has 0 saturated heterocycles. The van der Waals surface area contributed by atoms with E-state index in [1.165, 1.54) is 9.13 Å². The summed E-state index contributed by atoms with van der Waals surface area (Å²) >= 11 is 0. The Labute approximate surface area is 184 Å². The Bertz CT molecular complexity index is 1480. The second kappa shape index (κ2) is 7.40. The maximum absolute atomic E-state index is 13.5. The zero-order chi connectivity index (χ0) is 22.6. The maximum Gasteiger partial charge on any atom is 0.332 e. The second-order valence-electron chi connectivity index (χ2n) is 8.22. The number of ether oxygens (including phenoxy) is 1. The molecule has 1 aliphatic rings. The molecule has 164 valence electrons. The summed E-state index contributed by atoms with van der Waals surface area (Å²) in [6.45, 7) is 5.48. The zero-order valence-electron chi connectivity index (χ0n) is 18.6. The standard InChI is InChI=1S/C24H25N5O3/c1-15-9-10-16(2)17(13-15)14-29-22(30)20-21(26(3)24(29)31)25-23-27(11-12-28(20)23)18-7-5-6-8-19(18)32-4/h5-10,13H,11-12,14H2,1-4H3. The van der Waals surface area contributed by atoms with Crippen molar-refractivity contribution in [2.45, 2.75) is 26.9 Å². The minimum atomic E-state index is -0.371. The smallest absolute Gasteiger partial charge is 0.332 e. The lowest BCUT2D eigenvalue weighted by Crippen LogP contribution is -2.40. The van der Waals surface area contributed by atoms with Crippen molar-refractivity contribution in [2.24, 2.45) is 7.05 Å². The molecule has 3 heterocycles. The molecule has 2 aromatic carbocycles. The van der Waals surface area contributed by atoms with E-state index in [1.54, 1.807) is 14.2 Å². The molecule has 0 unspecified atom stereocenters. The zero-order valence-corrected chi connectivity index (χ0v) is 18.6. The van der Waals surface area contributed by atoms with Crippen LogP contribution < -0.4 is 20.9 Å². The molecule has 0 spiro atoms. The Balaban J connectivity index is 1.69. The number of hydrogen-bond acceptors (Lipinski definition) is 5. The maximum atomic E-state index is 13.5. The third kappa shape index (κ3) is 2.94. The Morgan fingerprint density at radius 3 is 2.62 bits per heavy atom. The normalized spacial score (nSPS) is 13.1. The molecule has 2 aromatic heterocycles. The van der Waals surface area contributed by atoms with Crippen LogP contribution in [0.15, 0.2) is 52.1 Å². The first kappa shape index (κ1) is 20.1. The lowest BCUT2D eigenvalue weighted by atomic mass is 10.1. The Kier molecular flexibility index (Phi) is 4.65. The Hall–Kier alpha value is -3.81. The summed E-state index contributed by atoms with van der Waals surface area (Å²) in [5, 5.41) is 0. The molecular weight excluding hydrogens is 406 g/mol. The fourth-order valence-electron chi connectivity index (χ4n) is 4.44. The highest BCUT2D eigenvalue weighted by Crippen LogP contribution is 2.36. The van der Waals surface area contributed by atoms with E-state index in [0.717, 1.165) is 28.1 Å². The van der Waals surface area contributed by atoms with Gasteiger partial charge in [-0.1, -0.05) is 35.9 Å². The topological polar surface area (TPSA) is 74.3 Å². The van der Waals surface area contributed by atoms with E-state index in [1.807, 2.05) is 65.8 Å². The molecule has 0 fully saturated rings. The largest absolute Gasteiger partial charge is 0.495 e. The lowest BCUT2D eigenvalue weighted by molar-refractivity contribution is 0.415. The fraction of sp³-hybridized carbons (Fsp3) is 0.292. The van der Waals surface area contributed by atoms with E-state index in [-0.39, 0.29) is 17.8 Å². The van der Waals surface area contributed by atoms with Crippen molar-refractivity contribution in [1.29, 1.82) is 0 Å². The summed E-state index contributed by atoms with van der Waals surface area (Å²) < 4.78 is 10.2. The van der Waals surface area contributed by atoms with E-state index < -0.39 is 0 Å². The van der Waals surface area contributed by atoms with Gasteiger partial charge in [0.25, 0.3) is 5.56 Å². The number of para-hydroxylation sites is 2. The summed E-state index contributed by atoms with van der Waals surface area (Å²) in [6.07, 6.45) is 0. The molecule has 0 bridgehead atoms. The van der Waals surface area contributed by atoms with Crippen LogP contribution >= 0.6 is 0 Å². The first-order valence-electron chi connectivity index (χ1n) is 10.6. The summed E-state index contributed by atoms with van der Waals surface area (Å²) in [5.74, 6) is 1.37. The average molecular weight is 431 g/mol. The third-order valence-corrected chi connectivity index (χ3v) is 6.21. The van der Waals surface area contributed by atoms with E-state index in [4.69, 9.17) is 9.72 Å². The number of fused-ring (bicyclic) bond motifs is 3. The molecule has 0 amide bonds. The van der Waals surface area contributed by atoms with Crippen molar-refractivity contribution >= 4 is 22.8 Å². The van der Waals surface area contributed by atoms with Gasteiger partial charge in [0.15, 0.2) is 11.2 Å². The Morgan fingerprint density at radius 1 is 1.06 bits per heavy atom. The monoisotopic (exact) mass is 431 g/mol. The molecule has 0 aliphatic carbocycles. The summed E-state index contributed by atoms with van der Waals surface area (Å²) in [5.41, 5.74) is 4.13. The van der Waals surface area contributed by atoms with Gasteiger partial charge in [0, 0.05) is 20.1 Å². The fourth-order valence-corrected chi connectivity index (χ4v) is 4.44. The highest BCUT2D eigenvalue weighted by molar-refractivity contribution is 5.79. The average Bonchev–Trinajstić information content (AvgIpc) is 3.37. The number of aromatic nitrogens is 4. The number of anilines is 2. The second-order valence-corrected chi connectivity index (χ2v) is 8.22. The van der Waals surface area contributed by atoms with E-state index in [0.29, 0.717) is 30.2 Å². The van der Waals surface area contributed by atoms with Crippen molar-refractivity contribution in [1.82, 2.24) is 18.7 Å². The van der Waals surface area contributed by atoms with Crippen molar-refractivity contribution in [3.8, 4) is 5.75 Å². The summed E-state index contributed by atoms with van der Waals surface area (Å²) in [4.78, 5) is 33.4. The molecule has 5 rings (SSSR count). The first-order valence-corrected chi connectivity index (χ1v) is 10.6. The number of rotatable bonds is 4. The number of benzene rings is 2. The van der Waals surface area contributed by atoms with Gasteiger partial charge in [-0.05, 0) is 37.1 Å². The molecule has 8 heteroatoms. The molecule has 0 N–H and O–H groups in total. The molecule has 4 aromatic rings. The number of imidazole rings is 1. The third-order valence-electron chi connectivity index (χ3n) is 6.21. The van der Waals surface area contributed by atoms with Crippen LogP contribution in [-0.4, -0.2) is 32.3 Å². The minimum absolute atomic E-state index is 0.228. The molecule has 0 atom stereocenters. The molecule has 0 saturated carbocycles. The number of nitrogens with zero attached hydrogens (tertiary/aromatic N) is 5. The van der Waals surface area contributed by atoms with Gasteiger partial charge in [-0.2, -0.15) is 4.98 Å². The van der Waals surface area contributed by atoms with Gasteiger partial charge in [-0.25, -0.2) is 4.79 Å². The van der Waals surface area contributed by atoms with Crippen LogP contribution in [0.2, 0.25) is 0 Å². The predicted octanol–water partition coefficient (Wildman–Crippen LogP) is 2.72. The summed E-state index contributed by atoms with van der Waals surface area (Å²) in [6, 6.07) is 13.8. The molecule has 32 heavy (non-hydrogen) atoms. The van der Waals surface area contributed by atoms with Crippen molar-refractivity contribution in [3.63, 3.8) is 0 Å². The van der Waals surface area contributed by atoms with Gasteiger partial charge in [0.2, 0.25) is 5.95 Å². The van der Waals surface area contributed by atoms with Gasteiger partial charge in [-0.3, -0.25) is 13.9 Å². The van der Waals surface area contributed by atoms with E-state index in [2.05, 4.69) is 0 Å². The molecule has 8 nitrogen and oxygen atoms in total. The van der Waals surface area contributed by atoms with Crippen LogP contribution in [0, 0.1) is 13.8 Å². The van der Waals surface area contributed by atoms with Gasteiger partial charge in [0.1, 0.15) is 5.75 Å². The minimum Gasteiger partial charge on any atom is -0.495 e. The van der Waals surface area contributed by atoms with Crippen molar-refractivity contribution < 1.29 is 4.74 Å². The highest BCUT2D eigenvalue weighted by atomic mass is 16.5. The lowest BCUT2D eigenvalue weighted by Gasteiger charge is -2.18. The van der Waals surface area contributed by atoms with Gasteiger partial charge in [-0.15, -0.1) is 0 Å². The van der Waals surface area contributed by atoms with Gasteiger partial charge < -0.3 is 14.2 Å². The Morgan fingerprint density at radius 2 is 1.84 bits per heavy atom. The first-order chi connectivity index (χ1) is 15.4. The molecular formula is C24H25N5O3. The van der Waals surface area contributed by atoms with Crippen LogP contribution in [0.5, 0.6) is 5.75 Å². The molecule has 1 aliphatic heterocycles. The summed E-state index contributed by atoms with van der Waals surface area (Å²) in [7, 11) is 3.30. The number of methoxy groups -OCH3 is 1. The van der Waals surface area contributed by atoms with Gasteiger partial charge in [0.05, 0.1) is 19.3 Å². The number of hydrogen-bond donors (Lipinski definition) is 0.